The number of hydrogen-bond acceptors (Lipinski definition) is 2. The summed E-state index contributed by atoms with van der Waals surface area (Å²) in [5.41, 5.74) is 5.70. The van der Waals surface area contributed by atoms with Crippen molar-refractivity contribution < 1.29 is 0 Å². The Morgan fingerprint density at radius 1 is 1.05 bits per heavy atom. The molecule has 0 atom stereocenters. The molecule has 0 heterocycles. The Labute approximate surface area is 125 Å². The molecule has 2 heteroatoms. The second kappa shape index (κ2) is 6.36. The van der Waals surface area contributed by atoms with Crippen LogP contribution in [0.15, 0.2) is 47.4 Å². The maximum Gasteiger partial charge on any atom is 0.0370 e. The lowest BCUT2D eigenvalue weighted by molar-refractivity contribution is 0.911. The van der Waals surface area contributed by atoms with E-state index in [2.05, 4.69) is 54.7 Å². The van der Waals surface area contributed by atoms with Crippen LogP contribution < -0.4 is 5.32 Å². The summed E-state index contributed by atoms with van der Waals surface area (Å²) >= 11 is 1.95. The third-order valence-corrected chi connectivity index (χ3v) is 4.90. The van der Waals surface area contributed by atoms with Crippen molar-refractivity contribution in [2.75, 3.05) is 17.6 Å². The van der Waals surface area contributed by atoms with Gasteiger partial charge in [-0.1, -0.05) is 24.3 Å². The van der Waals surface area contributed by atoms with Gasteiger partial charge in [-0.25, -0.2) is 0 Å². The highest BCUT2D eigenvalue weighted by Crippen LogP contribution is 2.27. The zero-order chi connectivity index (χ0) is 13.8. The van der Waals surface area contributed by atoms with Crippen LogP contribution in [-0.4, -0.2) is 12.3 Å². The lowest BCUT2D eigenvalue weighted by Gasteiger charge is -2.09. The predicted octanol–water partition coefficient (Wildman–Crippen LogP) is 4.69. The monoisotopic (exact) mass is 283 g/mol. The summed E-state index contributed by atoms with van der Waals surface area (Å²) in [5.74, 6) is 1.10. The van der Waals surface area contributed by atoms with Crippen LogP contribution in [0.1, 0.15) is 23.1 Å². The number of aryl methyl sites for hydroxylation is 3. The molecular formula is C18H21NS. The van der Waals surface area contributed by atoms with E-state index in [0.717, 1.165) is 12.3 Å². The molecule has 0 fully saturated rings. The van der Waals surface area contributed by atoms with Crippen molar-refractivity contribution in [3.63, 3.8) is 0 Å². The molecule has 0 unspecified atom stereocenters. The summed E-state index contributed by atoms with van der Waals surface area (Å²) in [5, 5.41) is 3.51. The van der Waals surface area contributed by atoms with E-state index in [-0.39, 0.29) is 0 Å². The summed E-state index contributed by atoms with van der Waals surface area (Å²) in [6, 6.07) is 15.5. The molecule has 2 aromatic carbocycles. The number of benzene rings is 2. The topological polar surface area (TPSA) is 12.0 Å². The van der Waals surface area contributed by atoms with E-state index in [1.807, 2.05) is 11.8 Å². The Morgan fingerprint density at radius 3 is 2.80 bits per heavy atom. The zero-order valence-electron chi connectivity index (χ0n) is 12.0. The third kappa shape index (κ3) is 3.18. The van der Waals surface area contributed by atoms with Crippen molar-refractivity contribution >= 4 is 17.4 Å². The van der Waals surface area contributed by atoms with Gasteiger partial charge in [0.1, 0.15) is 0 Å². The minimum absolute atomic E-state index is 1.01. The van der Waals surface area contributed by atoms with Crippen molar-refractivity contribution in [3.05, 3.63) is 59.2 Å². The predicted molar refractivity (Wildman–Crippen MR) is 88.9 cm³/mol. The first-order valence-electron chi connectivity index (χ1n) is 7.37. The summed E-state index contributed by atoms with van der Waals surface area (Å²) in [6.45, 7) is 3.16. The minimum Gasteiger partial charge on any atom is -0.384 e. The summed E-state index contributed by atoms with van der Waals surface area (Å²) in [4.78, 5) is 1.41. The molecule has 3 rings (SSSR count). The highest BCUT2D eigenvalue weighted by Gasteiger charge is 2.10. The Kier molecular flexibility index (Phi) is 4.31. The quantitative estimate of drug-likeness (QED) is 0.631. The number of nitrogens with one attached hydrogen (secondary N) is 1. The van der Waals surface area contributed by atoms with Crippen LogP contribution in [0.2, 0.25) is 0 Å². The van der Waals surface area contributed by atoms with Gasteiger partial charge in [-0.3, -0.25) is 0 Å². The number of fused-ring (bicyclic) bond motifs is 1. The SMILES string of the molecule is Cc1ccccc1NCCSc1ccc2c(c1)CCC2. The molecule has 0 amide bonds. The summed E-state index contributed by atoms with van der Waals surface area (Å²) in [7, 11) is 0. The summed E-state index contributed by atoms with van der Waals surface area (Å²) in [6.07, 6.45) is 3.87. The highest BCUT2D eigenvalue weighted by atomic mass is 32.2. The van der Waals surface area contributed by atoms with E-state index in [0.29, 0.717) is 0 Å². The van der Waals surface area contributed by atoms with Crippen LogP contribution in [0, 0.1) is 6.92 Å². The van der Waals surface area contributed by atoms with Crippen LogP contribution in [0.4, 0.5) is 5.69 Å². The van der Waals surface area contributed by atoms with Gasteiger partial charge in [0, 0.05) is 22.9 Å². The molecule has 0 radical (unpaired) electrons. The number of hydrogen-bond donors (Lipinski definition) is 1. The van der Waals surface area contributed by atoms with Gasteiger partial charge in [-0.2, -0.15) is 0 Å². The molecule has 0 saturated heterocycles. The van der Waals surface area contributed by atoms with Crippen molar-refractivity contribution in [2.24, 2.45) is 0 Å². The Hall–Kier alpha value is -1.41. The maximum atomic E-state index is 3.51. The second-order valence-electron chi connectivity index (χ2n) is 5.37. The van der Waals surface area contributed by atoms with Crippen LogP contribution in [0.5, 0.6) is 0 Å². The first-order valence-corrected chi connectivity index (χ1v) is 8.35. The van der Waals surface area contributed by atoms with E-state index in [4.69, 9.17) is 0 Å². The number of anilines is 1. The maximum absolute atomic E-state index is 3.51. The number of thioether (sulfide) groups is 1. The molecule has 0 aliphatic heterocycles. The third-order valence-electron chi connectivity index (χ3n) is 3.90. The molecule has 0 saturated carbocycles. The van der Waals surface area contributed by atoms with Gasteiger partial charge >= 0.3 is 0 Å². The smallest absolute Gasteiger partial charge is 0.0370 e. The molecule has 1 nitrogen and oxygen atoms in total. The van der Waals surface area contributed by atoms with Crippen LogP contribution in [0.3, 0.4) is 0 Å². The molecule has 20 heavy (non-hydrogen) atoms. The standard InChI is InChI=1S/C18H21NS/c1-14-5-2-3-8-18(14)19-11-12-20-17-10-9-15-6-4-7-16(15)13-17/h2-3,5,8-10,13,19H,4,6-7,11-12H2,1H3. The van der Waals surface area contributed by atoms with Gasteiger partial charge < -0.3 is 5.32 Å². The van der Waals surface area contributed by atoms with Crippen molar-refractivity contribution in [1.29, 1.82) is 0 Å². The zero-order valence-corrected chi connectivity index (χ0v) is 12.8. The first kappa shape index (κ1) is 13.6. The molecule has 0 spiro atoms. The Bertz CT molecular complexity index is 592. The fourth-order valence-corrected chi connectivity index (χ4v) is 3.59. The molecule has 104 valence electrons. The fraction of sp³-hybridized carbons (Fsp3) is 0.333. The van der Waals surface area contributed by atoms with Crippen LogP contribution >= 0.6 is 11.8 Å². The van der Waals surface area contributed by atoms with E-state index in [1.54, 1.807) is 11.1 Å². The van der Waals surface area contributed by atoms with Gasteiger partial charge in [0.25, 0.3) is 0 Å². The normalized spacial score (nSPS) is 13.2. The van der Waals surface area contributed by atoms with E-state index in [9.17, 15) is 0 Å². The molecule has 0 aromatic heterocycles. The van der Waals surface area contributed by atoms with Gasteiger partial charge in [0.05, 0.1) is 0 Å². The minimum atomic E-state index is 1.01. The van der Waals surface area contributed by atoms with Crippen LogP contribution in [0.25, 0.3) is 0 Å². The van der Waals surface area contributed by atoms with E-state index in [1.165, 1.54) is 35.4 Å². The fourth-order valence-electron chi connectivity index (χ4n) is 2.76. The lowest BCUT2D eigenvalue weighted by Crippen LogP contribution is -2.05. The van der Waals surface area contributed by atoms with Gasteiger partial charge in [0.15, 0.2) is 0 Å². The van der Waals surface area contributed by atoms with Gasteiger partial charge in [-0.15, -0.1) is 11.8 Å². The van der Waals surface area contributed by atoms with Crippen molar-refractivity contribution in [1.82, 2.24) is 0 Å². The number of para-hydroxylation sites is 1. The molecular weight excluding hydrogens is 262 g/mol. The second-order valence-corrected chi connectivity index (χ2v) is 6.54. The largest absolute Gasteiger partial charge is 0.384 e. The van der Waals surface area contributed by atoms with Crippen molar-refractivity contribution in [3.8, 4) is 0 Å². The van der Waals surface area contributed by atoms with Crippen molar-refractivity contribution in [2.45, 2.75) is 31.1 Å². The number of rotatable bonds is 5. The van der Waals surface area contributed by atoms with E-state index >= 15 is 0 Å². The molecule has 1 N–H and O–H groups in total. The molecule has 1 aliphatic carbocycles. The Morgan fingerprint density at radius 2 is 1.90 bits per heavy atom. The average Bonchev–Trinajstić information content (AvgIpc) is 2.93. The first-order chi connectivity index (χ1) is 9.83. The Balaban J connectivity index is 1.49. The molecule has 0 bridgehead atoms. The van der Waals surface area contributed by atoms with Crippen LogP contribution in [-0.2, 0) is 12.8 Å². The lowest BCUT2D eigenvalue weighted by atomic mass is 10.1. The van der Waals surface area contributed by atoms with Gasteiger partial charge in [0.2, 0.25) is 0 Å². The average molecular weight is 283 g/mol. The van der Waals surface area contributed by atoms with E-state index < -0.39 is 0 Å². The summed E-state index contributed by atoms with van der Waals surface area (Å²) < 4.78 is 0. The highest BCUT2D eigenvalue weighted by molar-refractivity contribution is 7.99. The molecule has 2 aromatic rings. The molecule has 1 aliphatic rings. The van der Waals surface area contributed by atoms with Gasteiger partial charge in [-0.05, 0) is 61.1 Å².